The van der Waals surface area contributed by atoms with E-state index in [2.05, 4.69) is 46.5 Å². The first-order valence-corrected chi connectivity index (χ1v) is 8.35. The Hall–Kier alpha value is -1.56. The Morgan fingerprint density at radius 2 is 1.85 bits per heavy atom. The number of hydrogen-bond donors (Lipinski definition) is 3. The number of alkyl halides is 2. The van der Waals surface area contributed by atoms with Gasteiger partial charge in [-0.25, -0.2) is 0 Å². The maximum absolute atomic E-state index is 12.7. The van der Waals surface area contributed by atoms with E-state index in [0.29, 0.717) is 29.6 Å². The number of ether oxygens (including phenoxy) is 3. The van der Waals surface area contributed by atoms with Gasteiger partial charge in [0.1, 0.15) is 5.75 Å². The van der Waals surface area contributed by atoms with Crippen molar-refractivity contribution in [2.45, 2.75) is 39.5 Å². The van der Waals surface area contributed by atoms with Crippen LogP contribution in [0.3, 0.4) is 0 Å². The molecule has 0 radical (unpaired) electrons. The third-order valence-electron chi connectivity index (χ3n) is 3.51. The number of nitrogens with one attached hydrogen (secondary N) is 3. The van der Waals surface area contributed by atoms with Gasteiger partial charge in [-0.05, 0) is 26.8 Å². The van der Waals surface area contributed by atoms with Crippen LogP contribution in [-0.2, 0) is 6.54 Å². The van der Waals surface area contributed by atoms with E-state index in [1.165, 1.54) is 6.07 Å². The van der Waals surface area contributed by atoms with Crippen LogP contribution in [0.2, 0.25) is 0 Å². The third kappa shape index (κ3) is 7.91. The minimum Gasteiger partial charge on any atom is -0.454 e. The van der Waals surface area contributed by atoms with Gasteiger partial charge in [-0.15, -0.1) is 24.0 Å². The maximum Gasteiger partial charge on any atom is 0.387 e. The molecule has 0 amide bonds. The van der Waals surface area contributed by atoms with E-state index in [9.17, 15) is 8.78 Å². The Morgan fingerprint density at radius 3 is 2.44 bits per heavy atom. The monoisotopic (exact) mass is 500 g/mol. The highest BCUT2D eigenvalue weighted by Gasteiger charge is 2.20. The quantitative estimate of drug-likeness (QED) is 0.232. The molecule has 3 N–H and O–H groups in total. The Bertz CT molecular complexity index is 639. The lowest BCUT2D eigenvalue weighted by Gasteiger charge is -2.21. The number of halogens is 3. The predicted molar refractivity (Wildman–Crippen MR) is 111 cm³/mol. The smallest absolute Gasteiger partial charge is 0.387 e. The second-order valence-corrected chi connectivity index (χ2v) is 6.72. The molecule has 0 aromatic heterocycles. The molecule has 154 valence electrons. The summed E-state index contributed by atoms with van der Waals surface area (Å²) in [5, 5.41) is 9.59. The van der Waals surface area contributed by atoms with Crippen molar-refractivity contribution < 1.29 is 23.0 Å². The lowest BCUT2D eigenvalue weighted by Crippen LogP contribution is -2.44. The SMILES string of the molecule is CN=C(NCCNC(C)(C)C)NCc1cc2c(cc1OC(F)F)OCO2.I. The third-order valence-corrected chi connectivity index (χ3v) is 3.51. The van der Waals surface area contributed by atoms with Gasteiger partial charge in [0.05, 0.1) is 0 Å². The molecule has 0 saturated heterocycles. The van der Waals surface area contributed by atoms with Crippen molar-refractivity contribution in [3.8, 4) is 17.2 Å². The highest BCUT2D eigenvalue weighted by molar-refractivity contribution is 14.0. The van der Waals surface area contributed by atoms with E-state index in [4.69, 9.17) is 9.47 Å². The average Bonchev–Trinajstić information content (AvgIpc) is 2.99. The number of rotatable bonds is 7. The van der Waals surface area contributed by atoms with Crippen molar-refractivity contribution >= 4 is 29.9 Å². The second-order valence-electron chi connectivity index (χ2n) is 6.72. The largest absolute Gasteiger partial charge is 0.454 e. The van der Waals surface area contributed by atoms with Gasteiger partial charge in [-0.1, -0.05) is 0 Å². The molecule has 1 aliphatic heterocycles. The number of guanidine groups is 1. The van der Waals surface area contributed by atoms with Gasteiger partial charge in [0.2, 0.25) is 6.79 Å². The second kappa shape index (κ2) is 10.7. The number of nitrogens with zero attached hydrogens (tertiary/aromatic N) is 1. The van der Waals surface area contributed by atoms with Gasteiger partial charge in [-0.2, -0.15) is 8.78 Å². The molecule has 27 heavy (non-hydrogen) atoms. The molecule has 0 saturated carbocycles. The fourth-order valence-electron chi connectivity index (χ4n) is 2.33. The lowest BCUT2D eigenvalue weighted by atomic mass is 10.1. The highest BCUT2D eigenvalue weighted by atomic mass is 127. The predicted octanol–water partition coefficient (Wildman–Crippen LogP) is 2.69. The first-order chi connectivity index (χ1) is 12.3. The summed E-state index contributed by atoms with van der Waals surface area (Å²) in [7, 11) is 1.64. The van der Waals surface area contributed by atoms with Crippen LogP contribution in [0.5, 0.6) is 17.2 Å². The van der Waals surface area contributed by atoms with Crippen LogP contribution in [0, 0.1) is 0 Å². The fourth-order valence-corrected chi connectivity index (χ4v) is 2.33. The molecule has 0 fully saturated rings. The van der Waals surface area contributed by atoms with Gasteiger partial charge >= 0.3 is 6.61 Å². The molecule has 7 nitrogen and oxygen atoms in total. The number of hydrogen-bond acceptors (Lipinski definition) is 5. The Kier molecular flexibility index (Phi) is 9.30. The van der Waals surface area contributed by atoms with Crippen molar-refractivity contribution in [1.29, 1.82) is 0 Å². The van der Waals surface area contributed by atoms with E-state index in [1.54, 1.807) is 13.1 Å². The van der Waals surface area contributed by atoms with E-state index in [1.807, 2.05) is 0 Å². The molecular formula is C17H27F2IN4O3. The van der Waals surface area contributed by atoms with E-state index < -0.39 is 6.61 Å². The van der Waals surface area contributed by atoms with Gasteiger partial charge < -0.3 is 30.2 Å². The van der Waals surface area contributed by atoms with Crippen LogP contribution in [0.1, 0.15) is 26.3 Å². The molecule has 0 aliphatic carbocycles. The topological polar surface area (TPSA) is 76.1 Å². The van der Waals surface area contributed by atoms with Crippen molar-refractivity contribution in [1.82, 2.24) is 16.0 Å². The Labute approximate surface area is 175 Å². The van der Waals surface area contributed by atoms with Gasteiger partial charge in [0.25, 0.3) is 0 Å². The molecule has 0 unspecified atom stereocenters. The fraction of sp³-hybridized carbons (Fsp3) is 0.588. The molecule has 0 bridgehead atoms. The van der Waals surface area contributed by atoms with E-state index in [0.717, 1.165) is 6.54 Å². The summed E-state index contributed by atoms with van der Waals surface area (Å²) in [6, 6.07) is 3.04. The van der Waals surface area contributed by atoms with Crippen LogP contribution in [-0.4, -0.2) is 45.0 Å². The number of fused-ring (bicyclic) bond motifs is 1. The molecule has 1 aliphatic rings. The van der Waals surface area contributed by atoms with Crippen molar-refractivity contribution in [2.75, 3.05) is 26.9 Å². The number of aliphatic imine (C=N–C) groups is 1. The molecule has 1 aromatic rings. The molecule has 10 heteroatoms. The molecule has 1 aromatic carbocycles. The van der Waals surface area contributed by atoms with Crippen LogP contribution in [0.15, 0.2) is 17.1 Å². The zero-order chi connectivity index (χ0) is 19.2. The normalized spacial score (nSPS) is 13.4. The van der Waals surface area contributed by atoms with E-state index >= 15 is 0 Å². The molecule has 1 heterocycles. The summed E-state index contributed by atoms with van der Waals surface area (Å²) in [5.41, 5.74) is 0.553. The zero-order valence-corrected chi connectivity index (χ0v) is 18.2. The standard InChI is InChI=1S/C17H26F2N4O3.HI/c1-17(2,3)23-6-5-21-16(20-4)22-9-11-7-13-14(25-10-24-13)8-12(11)26-15(18)19;/h7-8,15,23H,5-6,9-10H2,1-4H3,(H2,20,21,22);1H. The minimum atomic E-state index is -2.92. The van der Waals surface area contributed by atoms with Crippen LogP contribution < -0.4 is 30.2 Å². The van der Waals surface area contributed by atoms with Crippen molar-refractivity contribution in [3.05, 3.63) is 17.7 Å². The summed E-state index contributed by atoms with van der Waals surface area (Å²) in [4.78, 5) is 4.12. The highest BCUT2D eigenvalue weighted by Crippen LogP contribution is 2.38. The first-order valence-electron chi connectivity index (χ1n) is 8.35. The molecule has 2 rings (SSSR count). The van der Waals surface area contributed by atoms with Crippen molar-refractivity contribution in [2.24, 2.45) is 4.99 Å². The van der Waals surface area contributed by atoms with Gasteiger partial charge in [-0.3, -0.25) is 4.99 Å². The van der Waals surface area contributed by atoms with Crippen LogP contribution >= 0.6 is 24.0 Å². The summed E-state index contributed by atoms with van der Waals surface area (Å²) in [5.74, 6) is 1.49. The molecule has 0 atom stereocenters. The summed E-state index contributed by atoms with van der Waals surface area (Å²) in [6.45, 7) is 5.07. The first kappa shape index (κ1) is 23.5. The van der Waals surface area contributed by atoms with E-state index in [-0.39, 0.29) is 48.6 Å². The number of benzene rings is 1. The summed E-state index contributed by atoms with van der Waals surface area (Å²) >= 11 is 0. The summed E-state index contributed by atoms with van der Waals surface area (Å²) < 4.78 is 40.4. The molecular weight excluding hydrogens is 473 g/mol. The average molecular weight is 500 g/mol. The Morgan fingerprint density at radius 1 is 1.19 bits per heavy atom. The zero-order valence-electron chi connectivity index (χ0n) is 15.9. The molecule has 0 spiro atoms. The lowest BCUT2D eigenvalue weighted by molar-refractivity contribution is -0.0505. The maximum atomic E-state index is 12.7. The minimum absolute atomic E-state index is 0. The Balaban J connectivity index is 0.00000364. The van der Waals surface area contributed by atoms with Crippen LogP contribution in [0.25, 0.3) is 0 Å². The van der Waals surface area contributed by atoms with Crippen molar-refractivity contribution in [3.63, 3.8) is 0 Å². The van der Waals surface area contributed by atoms with Gasteiger partial charge in [0.15, 0.2) is 17.5 Å². The van der Waals surface area contributed by atoms with Crippen LogP contribution in [0.4, 0.5) is 8.78 Å². The summed E-state index contributed by atoms with van der Waals surface area (Å²) in [6.07, 6.45) is 0. The van der Waals surface area contributed by atoms with Gasteiger partial charge in [0, 0.05) is 43.9 Å².